The number of anilines is 1. The Morgan fingerprint density at radius 1 is 1.18 bits per heavy atom. The molecule has 2 aromatic carbocycles. The Morgan fingerprint density at radius 2 is 1.91 bits per heavy atom. The van der Waals surface area contributed by atoms with Gasteiger partial charge in [-0.2, -0.15) is 0 Å². The maximum absolute atomic E-state index is 12.3. The number of halogens is 1. The highest BCUT2D eigenvalue weighted by Gasteiger charge is 2.10. The van der Waals surface area contributed by atoms with Gasteiger partial charge >= 0.3 is 0 Å². The lowest BCUT2D eigenvalue weighted by molar-refractivity contribution is 0.102. The van der Waals surface area contributed by atoms with Crippen LogP contribution in [0.3, 0.4) is 0 Å². The summed E-state index contributed by atoms with van der Waals surface area (Å²) >= 11 is 5.88. The minimum Gasteiger partial charge on any atom is -0.322 e. The Bertz CT molecular complexity index is 816. The average Bonchev–Trinajstić information content (AvgIpc) is 2.40. The molecular weight excluding hydrogens is 322 g/mol. The minimum atomic E-state index is -3.14. The van der Waals surface area contributed by atoms with E-state index in [1.54, 1.807) is 42.5 Å². The molecule has 4 nitrogen and oxygen atoms in total. The van der Waals surface area contributed by atoms with Crippen molar-refractivity contribution >= 4 is 33.0 Å². The van der Waals surface area contributed by atoms with Crippen molar-refractivity contribution in [2.24, 2.45) is 0 Å². The maximum atomic E-state index is 12.3. The van der Waals surface area contributed by atoms with Crippen molar-refractivity contribution < 1.29 is 13.2 Å². The zero-order valence-electron chi connectivity index (χ0n) is 12.3. The Labute approximate surface area is 135 Å². The maximum Gasteiger partial charge on any atom is 0.255 e. The zero-order chi connectivity index (χ0) is 16.3. The number of benzene rings is 2. The highest BCUT2D eigenvalue weighted by molar-refractivity contribution is 7.89. The second kappa shape index (κ2) is 6.50. The van der Waals surface area contributed by atoms with Crippen LogP contribution in [-0.2, 0) is 15.6 Å². The lowest BCUT2D eigenvalue weighted by Crippen LogP contribution is -2.13. The first-order valence-corrected chi connectivity index (χ1v) is 9.02. The van der Waals surface area contributed by atoms with Crippen LogP contribution in [0.2, 0.25) is 5.02 Å². The number of rotatable bonds is 4. The molecule has 0 spiro atoms. The summed E-state index contributed by atoms with van der Waals surface area (Å²) in [6.45, 7) is 1.85. The van der Waals surface area contributed by atoms with Gasteiger partial charge in [0.1, 0.15) is 0 Å². The highest BCUT2D eigenvalue weighted by atomic mass is 35.5. The fraction of sp³-hybridized carbons (Fsp3) is 0.188. The zero-order valence-corrected chi connectivity index (χ0v) is 13.8. The summed E-state index contributed by atoms with van der Waals surface area (Å²) in [5, 5.41) is 3.40. The molecule has 0 atom stereocenters. The van der Waals surface area contributed by atoms with Crippen LogP contribution in [0.25, 0.3) is 0 Å². The fourth-order valence-electron chi connectivity index (χ4n) is 2.07. The van der Waals surface area contributed by atoms with Crippen molar-refractivity contribution in [1.82, 2.24) is 0 Å². The third kappa shape index (κ3) is 4.58. The number of carbonyl (C=O) groups excluding carboxylic acids is 1. The molecule has 0 aliphatic rings. The smallest absolute Gasteiger partial charge is 0.255 e. The summed E-state index contributed by atoms with van der Waals surface area (Å²) in [6.07, 6.45) is 1.16. The van der Waals surface area contributed by atoms with Crippen LogP contribution < -0.4 is 5.32 Å². The third-order valence-electron chi connectivity index (χ3n) is 3.05. The molecule has 0 bridgehead atoms. The Balaban J connectivity index is 2.21. The minimum absolute atomic E-state index is 0.0892. The Hall–Kier alpha value is -1.85. The van der Waals surface area contributed by atoms with Crippen LogP contribution in [0.1, 0.15) is 21.5 Å². The summed E-state index contributed by atoms with van der Waals surface area (Å²) < 4.78 is 22.7. The van der Waals surface area contributed by atoms with Crippen molar-refractivity contribution in [3.8, 4) is 0 Å². The van der Waals surface area contributed by atoms with Gasteiger partial charge in [-0.1, -0.05) is 23.7 Å². The molecule has 0 heterocycles. The molecule has 2 rings (SSSR count). The quantitative estimate of drug-likeness (QED) is 0.929. The van der Waals surface area contributed by atoms with E-state index in [-0.39, 0.29) is 11.7 Å². The number of aryl methyl sites for hydroxylation is 1. The van der Waals surface area contributed by atoms with Crippen molar-refractivity contribution in [2.75, 3.05) is 11.6 Å². The van der Waals surface area contributed by atoms with E-state index in [1.165, 1.54) is 0 Å². The number of nitrogens with one attached hydrogen (secondary N) is 1. The largest absolute Gasteiger partial charge is 0.322 e. The average molecular weight is 338 g/mol. The van der Waals surface area contributed by atoms with Gasteiger partial charge in [0.2, 0.25) is 0 Å². The molecule has 0 aliphatic carbocycles. The number of carbonyl (C=O) groups is 1. The van der Waals surface area contributed by atoms with E-state index in [1.807, 2.05) is 6.92 Å². The topological polar surface area (TPSA) is 63.2 Å². The van der Waals surface area contributed by atoms with Crippen LogP contribution in [0.5, 0.6) is 0 Å². The van der Waals surface area contributed by atoms with Crippen molar-refractivity contribution in [3.05, 3.63) is 64.2 Å². The van der Waals surface area contributed by atoms with E-state index in [9.17, 15) is 13.2 Å². The van der Waals surface area contributed by atoms with Gasteiger partial charge in [0.25, 0.3) is 5.91 Å². The predicted octanol–water partition coefficient (Wildman–Crippen LogP) is 3.45. The van der Waals surface area contributed by atoms with Gasteiger partial charge in [0, 0.05) is 22.5 Å². The van der Waals surface area contributed by atoms with E-state index in [0.717, 1.165) is 11.8 Å². The van der Waals surface area contributed by atoms with Crippen molar-refractivity contribution in [3.63, 3.8) is 0 Å². The van der Waals surface area contributed by atoms with Crippen molar-refractivity contribution in [2.45, 2.75) is 12.7 Å². The lowest BCUT2D eigenvalue weighted by Gasteiger charge is -2.09. The Morgan fingerprint density at radius 3 is 2.55 bits per heavy atom. The van der Waals surface area contributed by atoms with Gasteiger partial charge in [-0.25, -0.2) is 8.42 Å². The lowest BCUT2D eigenvalue weighted by atomic mass is 10.1. The molecule has 0 aromatic heterocycles. The summed E-state index contributed by atoms with van der Waals surface area (Å²) in [5.41, 5.74) is 2.52. The molecule has 0 saturated heterocycles. The standard InChI is InChI=1S/C16H16ClNO3S/c1-11-8-14(17)6-7-15(11)18-16(19)13-5-3-4-12(9-13)10-22(2,20)21/h3-9H,10H2,1-2H3,(H,18,19). The van der Waals surface area contributed by atoms with Crippen LogP contribution in [0.4, 0.5) is 5.69 Å². The third-order valence-corrected chi connectivity index (χ3v) is 4.15. The Kier molecular flexibility index (Phi) is 4.88. The molecular formula is C16H16ClNO3S. The van der Waals surface area contributed by atoms with Gasteiger partial charge in [-0.15, -0.1) is 0 Å². The number of hydrogen-bond donors (Lipinski definition) is 1. The molecule has 0 radical (unpaired) electrons. The number of amides is 1. The van der Waals surface area contributed by atoms with Crippen LogP contribution in [0.15, 0.2) is 42.5 Å². The van der Waals surface area contributed by atoms with Gasteiger partial charge in [0.05, 0.1) is 5.75 Å². The molecule has 6 heteroatoms. The summed E-state index contributed by atoms with van der Waals surface area (Å²) in [5.74, 6) is -0.380. The second-order valence-electron chi connectivity index (χ2n) is 5.18. The monoisotopic (exact) mass is 337 g/mol. The molecule has 1 amide bonds. The normalized spacial score (nSPS) is 11.2. The molecule has 116 valence electrons. The van der Waals surface area contributed by atoms with E-state index >= 15 is 0 Å². The van der Waals surface area contributed by atoms with Crippen LogP contribution in [-0.4, -0.2) is 20.6 Å². The fourth-order valence-corrected chi connectivity index (χ4v) is 3.08. The first kappa shape index (κ1) is 16.5. The summed E-state index contributed by atoms with van der Waals surface area (Å²) in [6, 6.07) is 11.8. The van der Waals surface area contributed by atoms with Gasteiger partial charge in [0.15, 0.2) is 9.84 Å². The van der Waals surface area contributed by atoms with Crippen LogP contribution in [0, 0.1) is 6.92 Å². The first-order valence-electron chi connectivity index (χ1n) is 6.59. The second-order valence-corrected chi connectivity index (χ2v) is 7.76. The van der Waals surface area contributed by atoms with E-state index < -0.39 is 9.84 Å². The molecule has 1 N–H and O–H groups in total. The van der Waals surface area contributed by atoms with Gasteiger partial charge < -0.3 is 5.32 Å². The summed E-state index contributed by atoms with van der Waals surface area (Å²) in [4.78, 5) is 12.3. The summed E-state index contributed by atoms with van der Waals surface area (Å²) in [7, 11) is -3.14. The molecule has 0 aliphatic heterocycles. The van der Waals surface area contributed by atoms with E-state index in [2.05, 4.69) is 5.32 Å². The number of sulfone groups is 1. The highest BCUT2D eigenvalue weighted by Crippen LogP contribution is 2.20. The van der Waals surface area contributed by atoms with Crippen molar-refractivity contribution in [1.29, 1.82) is 0 Å². The molecule has 0 unspecified atom stereocenters. The first-order chi connectivity index (χ1) is 10.2. The van der Waals surface area contributed by atoms with E-state index in [4.69, 9.17) is 11.6 Å². The van der Waals surface area contributed by atoms with E-state index in [0.29, 0.717) is 21.8 Å². The van der Waals surface area contributed by atoms with Crippen LogP contribution >= 0.6 is 11.6 Å². The van der Waals surface area contributed by atoms with Gasteiger partial charge in [-0.3, -0.25) is 4.79 Å². The molecule has 22 heavy (non-hydrogen) atoms. The predicted molar refractivity (Wildman–Crippen MR) is 89.1 cm³/mol. The SMILES string of the molecule is Cc1cc(Cl)ccc1NC(=O)c1cccc(CS(C)(=O)=O)c1. The van der Waals surface area contributed by atoms with Gasteiger partial charge in [-0.05, 0) is 48.4 Å². The molecule has 2 aromatic rings. The molecule has 0 fully saturated rings. The molecule has 0 saturated carbocycles. The number of hydrogen-bond acceptors (Lipinski definition) is 3.